The molecule has 3 N–H and O–H groups in total. The molecular formula is C29H42N4O4. The monoisotopic (exact) mass is 510 g/mol. The smallest absolute Gasteiger partial charge is 0.326 e. The first-order valence-electron chi connectivity index (χ1n) is 13.4. The molecule has 1 aromatic heterocycles. The third-order valence-corrected chi connectivity index (χ3v) is 7.07. The third kappa shape index (κ3) is 9.13. The van der Waals surface area contributed by atoms with Crippen molar-refractivity contribution in [3.05, 3.63) is 59.3 Å². The standard InChI is InChI=1S/C29H42N4O4/c1-21(37-3)20-33(18-8-7-13-25-15-14-24-12-9-17-30-27(24)31-25)19-16-26(29(35)36)32-28(34)22(2)23-10-5-4-6-11-23/h4-6,10-11,14-15,21-22,26H,7-9,12-13,16-20H2,1-3H3,(H,30,31)(H,32,34)(H,35,36)/t21-,22+,26+/m1/s1. The zero-order chi connectivity index (χ0) is 26.6. The molecule has 2 aromatic rings. The number of carbonyl (C=O) groups is 2. The van der Waals surface area contributed by atoms with Crippen molar-refractivity contribution in [1.82, 2.24) is 15.2 Å². The Labute approximate surface area is 220 Å². The van der Waals surface area contributed by atoms with Crippen LogP contribution in [0.3, 0.4) is 0 Å². The van der Waals surface area contributed by atoms with Gasteiger partial charge < -0.3 is 25.4 Å². The van der Waals surface area contributed by atoms with Crippen LogP contribution in [-0.4, -0.2) is 72.3 Å². The van der Waals surface area contributed by atoms with Crippen LogP contribution in [0, 0.1) is 0 Å². The van der Waals surface area contributed by atoms with Crippen LogP contribution < -0.4 is 10.6 Å². The number of nitrogens with zero attached hydrogens (tertiary/aromatic N) is 2. The Balaban J connectivity index is 1.50. The number of aryl methyl sites for hydroxylation is 2. The number of pyridine rings is 1. The minimum Gasteiger partial charge on any atom is -0.480 e. The van der Waals surface area contributed by atoms with Gasteiger partial charge in [0.1, 0.15) is 11.9 Å². The second-order valence-electron chi connectivity index (χ2n) is 9.97. The molecule has 0 saturated carbocycles. The van der Waals surface area contributed by atoms with Crippen molar-refractivity contribution in [3.63, 3.8) is 0 Å². The molecule has 8 heteroatoms. The molecule has 3 rings (SSSR count). The summed E-state index contributed by atoms with van der Waals surface area (Å²) in [4.78, 5) is 31.7. The molecule has 0 spiro atoms. The van der Waals surface area contributed by atoms with Crippen molar-refractivity contribution >= 4 is 17.7 Å². The molecule has 0 saturated heterocycles. The van der Waals surface area contributed by atoms with Crippen molar-refractivity contribution < 1.29 is 19.4 Å². The number of amides is 1. The number of carboxylic acid groups (broad SMARTS) is 1. The zero-order valence-corrected chi connectivity index (χ0v) is 22.4. The highest BCUT2D eigenvalue weighted by molar-refractivity contribution is 5.87. The van der Waals surface area contributed by atoms with Crippen molar-refractivity contribution in [1.29, 1.82) is 0 Å². The second-order valence-corrected chi connectivity index (χ2v) is 9.97. The Kier molecular flexibility index (Phi) is 11.4. The molecule has 1 amide bonds. The minimum atomic E-state index is -1.01. The number of anilines is 1. The van der Waals surface area contributed by atoms with E-state index in [0.717, 1.165) is 62.3 Å². The normalized spacial score (nSPS) is 15.4. The molecule has 1 aliphatic rings. The van der Waals surface area contributed by atoms with Gasteiger partial charge in [-0.2, -0.15) is 0 Å². The van der Waals surface area contributed by atoms with Crippen molar-refractivity contribution in [2.24, 2.45) is 0 Å². The van der Waals surface area contributed by atoms with Gasteiger partial charge in [-0.25, -0.2) is 9.78 Å². The lowest BCUT2D eigenvalue weighted by molar-refractivity contribution is -0.142. The Morgan fingerprint density at radius 3 is 2.65 bits per heavy atom. The summed E-state index contributed by atoms with van der Waals surface area (Å²) in [5, 5.41) is 15.9. The first-order valence-corrected chi connectivity index (χ1v) is 13.4. The van der Waals surface area contributed by atoms with Crippen LogP contribution in [0.25, 0.3) is 0 Å². The molecule has 1 aliphatic heterocycles. The van der Waals surface area contributed by atoms with Crippen LogP contribution in [0.5, 0.6) is 0 Å². The third-order valence-electron chi connectivity index (χ3n) is 7.07. The molecule has 202 valence electrons. The first-order chi connectivity index (χ1) is 17.9. The van der Waals surface area contributed by atoms with Crippen LogP contribution in [0.1, 0.15) is 62.3 Å². The van der Waals surface area contributed by atoms with E-state index in [1.54, 1.807) is 14.0 Å². The van der Waals surface area contributed by atoms with Gasteiger partial charge in [-0.15, -0.1) is 0 Å². The van der Waals surface area contributed by atoms with E-state index in [1.807, 2.05) is 37.3 Å². The average molecular weight is 511 g/mol. The zero-order valence-electron chi connectivity index (χ0n) is 22.4. The summed E-state index contributed by atoms with van der Waals surface area (Å²) in [6.07, 6.45) is 5.48. The molecule has 0 radical (unpaired) electrons. The molecule has 2 heterocycles. The van der Waals surface area contributed by atoms with Crippen LogP contribution in [0.2, 0.25) is 0 Å². The number of nitrogens with one attached hydrogen (secondary N) is 2. The molecule has 37 heavy (non-hydrogen) atoms. The largest absolute Gasteiger partial charge is 0.480 e. The lowest BCUT2D eigenvalue weighted by atomic mass is 10.00. The van der Waals surface area contributed by atoms with Crippen LogP contribution in [-0.2, 0) is 27.2 Å². The molecule has 0 bridgehead atoms. The number of aliphatic carboxylic acids is 1. The summed E-state index contributed by atoms with van der Waals surface area (Å²) in [6, 6.07) is 12.8. The predicted molar refractivity (Wildman–Crippen MR) is 146 cm³/mol. The molecule has 0 fully saturated rings. The molecule has 3 atom stereocenters. The van der Waals surface area contributed by atoms with Crippen LogP contribution >= 0.6 is 0 Å². The van der Waals surface area contributed by atoms with E-state index >= 15 is 0 Å². The van der Waals surface area contributed by atoms with E-state index < -0.39 is 17.9 Å². The van der Waals surface area contributed by atoms with Crippen molar-refractivity contribution in [2.45, 2.75) is 70.4 Å². The van der Waals surface area contributed by atoms with Gasteiger partial charge in [0.2, 0.25) is 5.91 Å². The summed E-state index contributed by atoms with van der Waals surface area (Å²) >= 11 is 0. The van der Waals surface area contributed by atoms with Crippen molar-refractivity contribution in [3.8, 4) is 0 Å². The van der Waals surface area contributed by atoms with E-state index in [9.17, 15) is 14.7 Å². The fourth-order valence-electron chi connectivity index (χ4n) is 4.64. The predicted octanol–water partition coefficient (Wildman–Crippen LogP) is 3.86. The topological polar surface area (TPSA) is 104 Å². The number of carbonyl (C=O) groups excluding carboxylic acids is 1. The highest BCUT2D eigenvalue weighted by atomic mass is 16.5. The van der Waals surface area contributed by atoms with E-state index in [4.69, 9.17) is 9.72 Å². The molecular weight excluding hydrogens is 468 g/mol. The van der Waals surface area contributed by atoms with Gasteiger partial charge in [-0.3, -0.25) is 4.79 Å². The maximum absolute atomic E-state index is 12.7. The summed E-state index contributed by atoms with van der Waals surface area (Å²) < 4.78 is 5.46. The lowest BCUT2D eigenvalue weighted by Crippen LogP contribution is -2.45. The number of rotatable bonds is 15. The van der Waals surface area contributed by atoms with Gasteiger partial charge in [-0.05, 0) is 76.1 Å². The van der Waals surface area contributed by atoms with Gasteiger partial charge in [0.25, 0.3) is 0 Å². The number of fused-ring (bicyclic) bond motifs is 1. The fourth-order valence-corrected chi connectivity index (χ4v) is 4.64. The van der Waals surface area contributed by atoms with E-state index in [1.165, 1.54) is 5.56 Å². The number of benzene rings is 1. The molecule has 0 aliphatic carbocycles. The van der Waals surface area contributed by atoms with Crippen LogP contribution in [0.4, 0.5) is 5.82 Å². The number of methoxy groups -OCH3 is 1. The number of hydrogen-bond donors (Lipinski definition) is 3. The Morgan fingerprint density at radius 2 is 1.92 bits per heavy atom. The highest BCUT2D eigenvalue weighted by Gasteiger charge is 2.24. The average Bonchev–Trinajstić information content (AvgIpc) is 2.92. The van der Waals surface area contributed by atoms with Crippen LogP contribution in [0.15, 0.2) is 42.5 Å². The van der Waals surface area contributed by atoms with Gasteiger partial charge in [0.05, 0.1) is 12.0 Å². The molecule has 1 aromatic carbocycles. The van der Waals surface area contributed by atoms with Gasteiger partial charge in [0.15, 0.2) is 0 Å². The first kappa shape index (κ1) is 28.6. The second kappa shape index (κ2) is 14.7. The van der Waals surface area contributed by atoms with Crippen molar-refractivity contribution in [2.75, 3.05) is 38.6 Å². The van der Waals surface area contributed by atoms with Gasteiger partial charge in [-0.1, -0.05) is 36.4 Å². The SMILES string of the molecule is CO[C@H](C)CN(CCCCc1ccc2c(n1)NCCC2)CC[C@H](NC(=O)[C@@H](C)c1ccccc1)C(=O)O. The highest BCUT2D eigenvalue weighted by Crippen LogP contribution is 2.20. The van der Waals surface area contributed by atoms with Gasteiger partial charge >= 0.3 is 5.97 Å². The quantitative estimate of drug-likeness (QED) is 0.313. The summed E-state index contributed by atoms with van der Waals surface area (Å²) in [5.41, 5.74) is 3.27. The molecule has 8 nitrogen and oxygen atoms in total. The lowest BCUT2D eigenvalue weighted by Gasteiger charge is -2.27. The Morgan fingerprint density at radius 1 is 1.14 bits per heavy atom. The summed E-state index contributed by atoms with van der Waals surface area (Å²) in [6.45, 7) is 6.89. The fraction of sp³-hybridized carbons (Fsp3) is 0.552. The maximum atomic E-state index is 12.7. The number of aromatic nitrogens is 1. The molecule has 0 unspecified atom stereocenters. The van der Waals surface area contributed by atoms with Gasteiger partial charge in [0, 0.05) is 32.4 Å². The summed E-state index contributed by atoms with van der Waals surface area (Å²) in [5.74, 6) is -0.675. The minimum absolute atomic E-state index is 0.0318. The number of unbranched alkanes of at least 4 members (excludes halogenated alkanes) is 1. The Hall–Kier alpha value is -2.97. The van der Waals surface area contributed by atoms with E-state index in [-0.39, 0.29) is 12.0 Å². The number of hydrogen-bond acceptors (Lipinski definition) is 6. The summed E-state index contributed by atoms with van der Waals surface area (Å²) in [7, 11) is 1.68. The maximum Gasteiger partial charge on any atom is 0.326 e. The van der Waals surface area contributed by atoms with E-state index in [2.05, 4.69) is 27.7 Å². The van der Waals surface area contributed by atoms with E-state index in [0.29, 0.717) is 19.5 Å². The number of ether oxygens (including phenoxy) is 1. The number of carboxylic acids is 1. The Bertz CT molecular complexity index is 1000.